The number of hydrogen-bond donors (Lipinski definition) is 2. The lowest BCUT2D eigenvalue weighted by Gasteiger charge is -2.13. The van der Waals surface area contributed by atoms with E-state index >= 15 is 0 Å². The molecule has 0 amide bonds. The summed E-state index contributed by atoms with van der Waals surface area (Å²) in [5.74, 6) is 0.734. The largest absolute Gasteiger partial charge is 0.396 e. The minimum Gasteiger partial charge on any atom is -0.396 e. The number of anilines is 1. The number of aliphatic hydroxyl groups excluding tert-OH is 1. The van der Waals surface area contributed by atoms with E-state index in [9.17, 15) is 0 Å². The van der Waals surface area contributed by atoms with E-state index in [1.165, 1.54) is 11.3 Å². The third-order valence-electron chi connectivity index (χ3n) is 2.24. The molecule has 86 valence electrons. The van der Waals surface area contributed by atoms with E-state index in [2.05, 4.69) is 15.3 Å². The topological polar surface area (TPSA) is 58.0 Å². The third kappa shape index (κ3) is 2.42. The van der Waals surface area contributed by atoms with Gasteiger partial charge < -0.3 is 10.4 Å². The van der Waals surface area contributed by atoms with E-state index in [0.29, 0.717) is 6.42 Å². The summed E-state index contributed by atoms with van der Waals surface area (Å²) in [7, 11) is 0. The first-order chi connectivity index (χ1) is 7.70. The molecule has 0 aliphatic heterocycles. The highest BCUT2D eigenvalue weighted by Gasteiger charge is 2.09. The van der Waals surface area contributed by atoms with E-state index < -0.39 is 0 Å². The Hall–Kier alpha value is -0.910. The fourth-order valence-corrected chi connectivity index (χ4v) is 2.42. The van der Waals surface area contributed by atoms with Gasteiger partial charge >= 0.3 is 0 Å². The lowest BCUT2D eigenvalue weighted by atomic mass is 10.2. The van der Waals surface area contributed by atoms with E-state index in [-0.39, 0.29) is 17.9 Å². The monoisotopic (exact) mass is 257 g/mol. The van der Waals surface area contributed by atoms with Crippen LogP contribution in [0.3, 0.4) is 0 Å². The zero-order chi connectivity index (χ0) is 11.5. The van der Waals surface area contributed by atoms with Gasteiger partial charge in [-0.15, -0.1) is 11.3 Å². The van der Waals surface area contributed by atoms with Crippen molar-refractivity contribution in [1.82, 2.24) is 9.97 Å². The summed E-state index contributed by atoms with van der Waals surface area (Å²) in [4.78, 5) is 9.17. The Labute approximate surface area is 102 Å². The zero-order valence-corrected chi connectivity index (χ0v) is 10.3. The molecule has 1 unspecified atom stereocenters. The van der Waals surface area contributed by atoms with Gasteiger partial charge in [-0.05, 0) is 36.4 Å². The van der Waals surface area contributed by atoms with Crippen molar-refractivity contribution in [2.24, 2.45) is 0 Å². The van der Waals surface area contributed by atoms with Crippen LogP contribution >= 0.6 is 22.9 Å². The summed E-state index contributed by atoms with van der Waals surface area (Å²) in [6.45, 7) is 2.14. The normalized spacial score (nSPS) is 12.9. The first-order valence-corrected chi connectivity index (χ1v) is 6.24. The Kier molecular flexibility index (Phi) is 3.58. The summed E-state index contributed by atoms with van der Waals surface area (Å²) in [5.41, 5.74) is 0. The SMILES string of the molecule is CC(CCO)Nc1nc(Cl)nc2sccc12. The average Bonchev–Trinajstić information content (AvgIpc) is 2.65. The number of rotatable bonds is 4. The van der Waals surface area contributed by atoms with Crippen LogP contribution in [0.2, 0.25) is 5.28 Å². The van der Waals surface area contributed by atoms with E-state index in [1.807, 2.05) is 18.4 Å². The van der Waals surface area contributed by atoms with Gasteiger partial charge in [-0.3, -0.25) is 0 Å². The summed E-state index contributed by atoms with van der Waals surface area (Å²) < 4.78 is 0. The quantitative estimate of drug-likeness (QED) is 0.827. The minimum absolute atomic E-state index is 0.152. The highest BCUT2D eigenvalue weighted by Crippen LogP contribution is 2.26. The molecule has 0 saturated heterocycles. The third-order valence-corrected chi connectivity index (χ3v) is 3.22. The molecule has 6 heteroatoms. The number of nitrogens with one attached hydrogen (secondary N) is 1. The van der Waals surface area contributed by atoms with Crippen LogP contribution in [0.15, 0.2) is 11.4 Å². The summed E-state index contributed by atoms with van der Waals surface area (Å²) in [6, 6.07) is 2.11. The molecule has 0 bridgehead atoms. The fourth-order valence-electron chi connectivity index (χ4n) is 1.44. The van der Waals surface area contributed by atoms with Crippen molar-refractivity contribution in [3.63, 3.8) is 0 Å². The number of halogens is 1. The lowest BCUT2D eigenvalue weighted by Crippen LogP contribution is -2.17. The van der Waals surface area contributed by atoms with Crippen molar-refractivity contribution >= 4 is 39.0 Å². The number of fused-ring (bicyclic) bond motifs is 1. The second kappa shape index (κ2) is 4.95. The molecular formula is C10H12ClN3OS. The van der Waals surface area contributed by atoms with Crippen LogP contribution in [0.25, 0.3) is 10.2 Å². The van der Waals surface area contributed by atoms with Crippen molar-refractivity contribution in [2.75, 3.05) is 11.9 Å². The van der Waals surface area contributed by atoms with Crippen LogP contribution < -0.4 is 5.32 Å². The van der Waals surface area contributed by atoms with Crippen LogP contribution in [0.5, 0.6) is 0 Å². The zero-order valence-electron chi connectivity index (χ0n) is 8.77. The molecule has 16 heavy (non-hydrogen) atoms. The molecule has 2 N–H and O–H groups in total. The summed E-state index contributed by atoms with van der Waals surface area (Å²) >= 11 is 7.37. The molecule has 2 aromatic heterocycles. The van der Waals surface area contributed by atoms with Gasteiger partial charge in [0.2, 0.25) is 5.28 Å². The van der Waals surface area contributed by atoms with Gasteiger partial charge in [-0.25, -0.2) is 9.97 Å². The molecule has 0 saturated carbocycles. The minimum atomic E-state index is 0.152. The predicted octanol–water partition coefficient (Wildman–Crippen LogP) is 2.53. The summed E-state index contributed by atoms with van der Waals surface area (Å²) in [5, 5.41) is 15.2. The van der Waals surface area contributed by atoms with Crippen molar-refractivity contribution in [3.8, 4) is 0 Å². The maximum Gasteiger partial charge on any atom is 0.225 e. The van der Waals surface area contributed by atoms with Gasteiger partial charge in [0.25, 0.3) is 0 Å². The Morgan fingerprint density at radius 2 is 2.38 bits per heavy atom. The van der Waals surface area contributed by atoms with Crippen LogP contribution in [-0.2, 0) is 0 Å². The van der Waals surface area contributed by atoms with E-state index in [4.69, 9.17) is 16.7 Å². The van der Waals surface area contributed by atoms with Crippen molar-refractivity contribution < 1.29 is 5.11 Å². The van der Waals surface area contributed by atoms with Gasteiger partial charge in [0.15, 0.2) is 0 Å². The van der Waals surface area contributed by atoms with E-state index in [0.717, 1.165) is 16.0 Å². The number of aliphatic hydroxyl groups is 1. The van der Waals surface area contributed by atoms with Crippen molar-refractivity contribution in [3.05, 3.63) is 16.7 Å². The molecule has 2 heterocycles. The standard InChI is InChI=1S/C10H12ClN3OS/c1-6(2-4-15)12-8-7-3-5-16-9(7)14-10(11)13-8/h3,5-6,15H,2,4H2,1H3,(H,12,13,14). The molecular weight excluding hydrogens is 246 g/mol. The Bertz CT molecular complexity index is 488. The number of hydrogen-bond acceptors (Lipinski definition) is 5. The second-order valence-corrected chi connectivity index (χ2v) is 4.77. The van der Waals surface area contributed by atoms with Gasteiger partial charge in [-0.2, -0.15) is 0 Å². The number of aromatic nitrogens is 2. The molecule has 2 rings (SSSR count). The van der Waals surface area contributed by atoms with Crippen LogP contribution in [0, 0.1) is 0 Å². The maximum atomic E-state index is 8.85. The van der Waals surface area contributed by atoms with Crippen LogP contribution in [0.4, 0.5) is 5.82 Å². The first-order valence-electron chi connectivity index (χ1n) is 4.99. The highest BCUT2D eigenvalue weighted by molar-refractivity contribution is 7.16. The molecule has 4 nitrogen and oxygen atoms in total. The Morgan fingerprint density at radius 1 is 1.56 bits per heavy atom. The van der Waals surface area contributed by atoms with Gasteiger partial charge in [-0.1, -0.05) is 0 Å². The molecule has 2 aromatic rings. The molecule has 0 radical (unpaired) electrons. The predicted molar refractivity (Wildman–Crippen MR) is 67.2 cm³/mol. The van der Waals surface area contributed by atoms with Crippen LogP contribution in [0.1, 0.15) is 13.3 Å². The Morgan fingerprint density at radius 3 is 3.12 bits per heavy atom. The first kappa shape index (κ1) is 11.6. The van der Waals surface area contributed by atoms with Crippen LogP contribution in [-0.4, -0.2) is 27.7 Å². The molecule has 0 aliphatic rings. The lowest BCUT2D eigenvalue weighted by molar-refractivity contribution is 0.282. The second-order valence-electron chi connectivity index (χ2n) is 3.54. The molecule has 0 aromatic carbocycles. The fraction of sp³-hybridized carbons (Fsp3) is 0.400. The average molecular weight is 258 g/mol. The molecule has 1 atom stereocenters. The molecule has 0 aliphatic carbocycles. The van der Waals surface area contributed by atoms with E-state index in [1.54, 1.807) is 0 Å². The number of nitrogens with zero attached hydrogens (tertiary/aromatic N) is 2. The molecule has 0 spiro atoms. The maximum absolute atomic E-state index is 8.85. The van der Waals surface area contributed by atoms with Crippen molar-refractivity contribution in [2.45, 2.75) is 19.4 Å². The number of thiophene rings is 1. The van der Waals surface area contributed by atoms with Gasteiger partial charge in [0.05, 0.1) is 5.39 Å². The van der Waals surface area contributed by atoms with Gasteiger partial charge in [0, 0.05) is 12.6 Å². The molecule has 0 fully saturated rings. The summed E-state index contributed by atoms with van der Waals surface area (Å²) in [6.07, 6.45) is 0.674. The smallest absolute Gasteiger partial charge is 0.225 e. The van der Waals surface area contributed by atoms with Gasteiger partial charge in [0.1, 0.15) is 10.6 Å². The van der Waals surface area contributed by atoms with Crippen molar-refractivity contribution in [1.29, 1.82) is 0 Å². The highest BCUT2D eigenvalue weighted by atomic mass is 35.5. The Balaban J connectivity index is 2.31.